The molecule has 0 aromatic heterocycles. The van der Waals surface area contributed by atoms with Crippen molar-refractivity contribution in [3.05, 3.63) is 48.5 Å². The third-order valence-corrected chi connectivity index (χ3v) is 4.04. The lowest BCUT2D eigenvalue weighted by Crippen LogP contribution is -2.44. The zero-order chi connectivity index (χ0) is 20.8. The molecule has 2 aromatic rings. The van der Waals surface area contributed by atoms with Gasteiger partial charge in [-0.15, -0.1) is 0 Å². The van der Waals surface area contributed by atoms with Crippen LogP contribution >= 0.6 is 0 Å². The molecule has 2 aromatic carbocycles. The fourth-order valence-electron chi connectivity index (χ4n) is 2.49. The molecule has 3 rings (SSSR count). The van der Waals surface area contributed by atoms with E-state index in [1.165, 1.54) is 13.8 Å². The van der Waals surface area contributed by atoms with Crippen LogP contribution in [0.2, 0.25) is 0 Å². The van der Waals surface area contributed by atoms with Crippen molar-refractivity contribution >= 4 is 29.3 Å². The summed E-state index contributed by atoms with van der Waals surface area (Å²) in [6.07, 6.45) is -1.06. The highest BCUT2D eigenvalue weighted by Crippen LogP contribution is 2.34. The summed E-state index contributed by atoms with van der Waals surface area (Å²) in [5.74, 6) is -0.134. The molecule has 9 nitrogen and oxygen atoms in total. The molecular formula is C20H21N3O6. The monoisotopic (exact) mass is 399 g/mol. The largest absolute Gasteiger partial charge is 0.454 e. The molecule has 3 N–H and O–H groups in total. The fraction of sp³-hybridized carbons (Fsp3) is 0.250. The van der Waals surface area contributed by atoms with Crippen molar-refractivity contribution in [1.82, 2.24) is 5.32 Å². The Bertz CT molecular complexity index is 902. The number of carbonyl (C=O) groups excluding carboxylic acids is 3. The lowest BCUT2D eigenvalue weighted by Gasteiger charge is -2.18. The maximum Gasteiger partial charge on any atom is 0.329 e. The van der Waals surface area contributed by atoms with E-state index in [-0.39, 0.29) is 6.79 Å². The molecule has 0 bridgehead atoms. The van der Waals surface area contributed by atoms with Crippen molar-refractivity contribution in [1.29, 1.82) is 0 Å². The molecule has 0 radical (unpaired) electrons. The van der Waals surface area contributed by atoms with Crippen molar-refractivity contribution in [2.45, 2.75) is 26.0 Å². The van der Waals surface area contributed by atoms with Gasteiger partial charge in [0.2, 0.25) is 6.79 Å². The lowest BCUT2D eigenvalue weighted by atomic mass is 10.2. The Kier molecular flexibility index (Phi) is 6.18. The fourth-order valence-corrected chi connectivity index (χ4v) is 2.49. The SMILES string of the molecule is C[C@H](NC(=O)Nc1ccccc1)C(=O)O[C@@H](C)C(=O)Nc1ccc2c(c1)OCO2. The van der Waals surface area contributed by atoms with E-state index >= 15 is 0 Å². The highest BCUT2D eigenvalue weighted by molar-refractivity contribution is 5.96. The van der Waals surface area contributed by atoms with Crippen LogP contribution in [0.5, 0.6) is 11.5 Å². The minimum atomic E-state index is -1.06. The van der Waals surface area contributed by atoms with E-state index in [4.69, 9.17) is 14.2 Å². The highest BCUT2D eigenvalue weighted by Gasteiger charge is 2.24. The maximum absolute atomic E-state index is 12.3. The zero-order valence-electron chi connectivity index (χ0n) is 15.9. The van der Waals surface area contributed by atoms with E-state index in [0.29, 0.717) is 22.9 Å². The summed E-state index contributed by atoms with van der Waals surface area (Å²) < 4.78 is 15.6. The first-order valence-electron chi connectivity index (χ1n) is 8.96. The molecule has 0 spiro atoms. The van der Waals surface area contributed by atoms with Crippen LogP contribution in [0.1, 0.15) is 13.8 Å². The smallest absolute Gasteiger partial charge is 0.329 e. The Hall–Kier alpha value is -3.75. The number of carbonyl (C=O) groups is 3. The summed E-state index contributed by atoms with van der Waals surface area (Å²) in [6.45, 7) is 3.04. The number of urea groups is 1. The Morgan fingerprint density at radius 1 is 0.931 bits per heavy atom. The van der Waals surface area contributed by atoms with E-state index in [2.05, 4.69) is 16.0 Å². The van der Waals surface area contributed by atoms with Crippen LogP contribution < -0.4 is 25.4 Å². The van der Waals surface area contributed by atoms with Crippen LogP contribution in [0.15, 0.2) is 48.5 Å². The second-order valence-corrected chi connectivity index (χ2v) is 6.32. The summed E-state index contributed by atoms with van der Waals surface area (Å²) >= 11 is 0. The average Bonchev–Trinajstić information content (AvgIpc) is 3.16. The number of para-hydroxylation sites is 1. The van der Waals surface area contributed by atoms with Crippen molar-refractivity contribution < 1.29 is 28.6 Å². The minimum absolute atomic E-state index is 0.128. The normalized spacial score (nSPS) is 13.7. The van der Waals surface area contributed by atoms with Gasteiger partial charge in [0, 0.05) is 17.4 Å². The molecule has 1 aliphatic heterocycles. The zero-order valence-corrected chi connectivity index (χ0v) is 15.9. The lowest BCUT2D eigenvalue weighted by molar-refractivity contribution is -0.154. The summed E-state index contributed by atoms with van der Waals surface area (Å²) in [6, 6.07) is 12.2. The number of ether oxygens (including phenoxy) is 3. The average molecular weight is 399 g/mol. The van der Waals surface area contributed by atoms with Crippen LogP contribution in [0.25, 0.3) is 0 Å². The first-order chi connectivity index (χ1) is 13.9. The maximum atomic E-state index is 12.3. The summed E-state index contributed by atoms with van der Waals surface area (Å²) in [5, 5.41) is 7.70. The number of anilines is 2. The number of hydrogen-bond donors (Lipinski definition) is 3. The molecule has 0 saturated heterocycles. The molecular weight excluding hydrogens is 378 g/mol. The molecule has 3 amide bonds. The number of amides is 3. The molecule has 2 atom stereocenters. The van der Waals surface area contributed by atoms with Gasteiger partial charge < -0.3 is 30.2 Å². The van der Waals surface area contributed by atoms with E-state index in [9.17, 15) is 14.4 Å². The molecule has 0 saturated carbocycles. The van der Waals surface area contributed by atoms with Crippen LogP contribution in [0.3, 0.4) is 0 Å². The van der Waals surface area contributed by atoms with Gasteiger partial charge in [-0.2, -0.15) is 0 Å². The number of esters is 1. The van der Waals surface area contributed by atoms with Gasteiger partial charge in [-0.05, 0) is 38.1 Å². The molecule has 0 unspecified atom stereocenters. The standard InChI is InChI=1S/C20H21N3O6/c1-12(21-20(26)23-14-6-4-3-5-7-14)19(25)29-13(2)18(24)22-15-8-9-16-17(10-15)28-11-27-16/h3-10,12-13H,11H2,1-2H3,(H,22,24)(H2,21,23,26)/t12-,13-/m0/s1. The van der Waals surface area contributed by atoms with E-state index < -0.39 is 30.1 Å². The first kappa shape index (κ1) is 20.0. The van der Waals surface area contributed by atoms with Gasteiger partial charge in [0.05, 0.1) is 0 Å². The van der Waals surface area contributed by atoms with E-state index in [1.807, 2.05) is 6.07 Å². The highest BCUT2D eigenvalue weighted by atomic mass is 16.7. The quantitative estimate of drug-likeness (QED) is 0.643. The van der Waals surface area contributed by atoms with Gasteiger partial charge in [-0.25, -0.2) is 9.59 Å². The van der Waals surface area contributed by atoms with E-state index in [1.54, 1.807) is 42.5 Å². The third-order valence-electron chi connectivity index (χ3n) is 4.04. The Labute approximate surface area is 167 Å². The summed E-state index contributed by atoms with van der Waals surface area (Å²) in [5.41, 5.74) is 1.07. The topological polar surface area (TPSA) is 115 Å². The number of nitrogens with one attached hydrogen (secondary N) is 3. The van der Waals surface area contributed by atoms with Gasteiger partial charge in [-0.3, -0.25) is 4.79 Å². The summed E-state index contributed by atoms with van der Waals surface area (Å²) in [7, 11) is 0. The van der Waals surface area contributed by atoms with Crippen LogP contribution in [-0.4, -0.2) is 36.8 Å². The second-order valence-electron chi connectivity index (χ2n) is 6.32. The van der Waals surface area contributed by atoms with Gasteiger partial charge in [0.15, 0.2) is 17.6 Å². The number of fused-ring (bicyclic) bond motifs is 1. The van der Waals surface area contributed by atoms with Crippen LogP contribution in [-0.2, 0) is 14.3 Å². The molecule has 0 aliphatic carbocycles. The minimum Gasteiger partial charge on any atom is -0.454 e. The first-order valence-corrected chi connectivity index (χ1v) is 8.96. The van der Waals surface area contributed by atoms with Crippen molar-refractivity contribution in [2.75, 3.05) is 17.4 Å². The molecule has 1 aliphatic rings. The number of rotatable bonds is 6. The Morgan fingerprint density at radius 2 is 1.66 bits per heavy atom. The molecule has 1 heterocycles. The molecule has 0 fully saturated rings. The van der Waals surface area contributed by atoms with Crippen molar-refractivity contribution in [3.8, 4) is 11.5 Å². The van der Waals surface area contributed by atoms with Gasteiger partial charge in [-0.1, -0.05) is 18.2 Å². The number of benzene rings is 2. The second kappa shape index (κ2) is 8.96. The van der Waals surface area contributed by atoms with Gasteiger partial charge >= 0.3 is 12.0 Å². The third kappa shape index (κ3) is 5.38. The summed E-state index contributed by atoms with van der Waals surface area (Å²) in [4.78, 5) is 36.4. The predicted octanol–water partition coefficient (Wildman–Crippen LogP) is 2.50. The van der Waals surface area contributed by atoms with Gasteiger partial charge in [0.1, 0.15) is 6.04 Å². The Balaban J connectivity index is 1.47. The van der Waals surface area contributed by atoms with Crippen molar-refractivity contribution in [2.24, 2.45) is 0 Å². The molecule has 152 valence electrons. The van der Waals surface area contributed by atoms with Crippen LogP contribution in [0, 0.1) is 0 Å². The predicted molar refractivity (Wildman–Crippen MR) is 105 cm³/mol. The molecule has 29 heavy (non-hydrogen) atoms. The Morgan fingerprint density at radius 3 is 2.41 bits per heavy atom. The van der Waals surface area contributed by atoms with E-state index in [0.717, 1.165) is 0 Å². The van der Waals surface area contributed by atoms with Crippen LogP contribution in [0.4, 0.5) is 16.2 Å². The number of hydrogen-bond acceptors (Lipinski definition) is 6. The van der Waals surface area contributed by atoms with Crippen molar-refractivity contribution in [3.63, 3.8) is 0 Å². The molecule has 9 heteroatoms. The van der Waals surface area contributed by atoms with Gasteiger partial charge in [0.25, 0.3) is 5.91 Å².